The number of nitrogens with zero attached hydrogens (tertiary/aromatic N) is 5. The molecule has 35 heavy (non-hydrogen) atoms. The van der Waals surface area contributed by atoms with Crippen LogP contribution in [0.3, 0.4) is 0 Å². The number of carbonyl (C=O) groups excluding carboxylic acids is 1. The van der Waals surface area contributed by atoms with Crippen molar-refractivity contribution in [2.45, 2.75) is 38.5 Å². The zero-order valence-electron chi connectivity index (χ0n) is 19.6. The molecule has 0 bridgehead atoms. The van der Waals surface area contributed by atoms with Gasteiger partial charge in [0.05, 0.1) is 28.9 Å². The summed E-state index contributed by atoms with van der Waals surface area (Å²) in [4.78, 5) is 19.6. The van der Waals surface area contributed by atoms with E-state index >= 15 is 0 Å². The molecule has 0 radical (unpaired) electrons. The summed E-state index contributed by atoms with van der Waals surface area (Å²) in [5.41, 5.74) is -0.107. The predicted molar refractivity (Wildman–Crippen MR) is 128 cm³/mol. The number of carbonyl (C=O) groups is 1. The van der Waals surface area contributed by atoms with E-state index < -0.39 is 16.9 Å². The molecular formula is C23H28Cl2F3N5O2. The molecule has 7 nitrogen and oxygen atoms in total. The number of alkyl halides is 3. The number of hydrogen-bond donors (Lipinski definition) is 0. The average Bonchev–Trinajstić information content (AvgIpc) is 3.42. The molecule has 0 saturated carbocycles. The molecule has 0 N–H and O–H groups in total. The second-order valence-electron chi connectivity index (χ2n) is 8.92. The van der Waals surface area contributed by atoms with E-state index in [1.54, 1.807) is 18.1 Å². The van der Waals surface area contributed by atoms with E-state index in [-0.39, 0.29) is 24.2 Å². The number of aromatic nitrogens is 2. The first-order valence-corrected chi connectivity index (χ1v) is 12.2. The topological polar surface area (TPSA) is 53.8 Å². The Bertz CT molecular complexity index is 1070. The first kappa shape index (κ1) is 25.9. The summed E-state index contributed by atoms with van der Waals surface area (Å²) >= 11 is 12.1. The molecule has 3 heterocycles. The predicted octanol–water partition coefficient (Wildman–Crippen LogP) is 4.34. The van der Waals surface area contributed by atoms with E-state index in [0.717, 1.165) is 36.3 Å². The Morgan fingerprint density at radius 3 is 2.51 bits per heavy atom. The van der Waals surface area contributed by atoms with Crippen LogP contribution in [0.5, 0.6) is 5.75 Å². The van der Waals surface area contributed by atoms with Crippen LogP contribution in [0, 0.1) is 6.92 Å². The molecule has 1 unspecified atom stereocenters. The third kappa shape index (κ3) is 5.65. The zero-order chi connectivity index (χ0) is 25.3. The lowest BCUT2D eigenvalue weighted by Gasteiger charge is -2.44. The van der Waals surface area contributed by atoms with Crippen molar-refractivity contribution in [3.8, 4) is 5.75 Å². The third-order valence-corrected chi connectivity index (χ3v) is 7.42. The molecule has 1 aromatic heterocycles. The van der Waals surface area contributed by atoms with Crippen LogP contribution < -0.4 is 9.64 Å². The Morgan fingerprint density at radius 1 is 1.17 bits per heavy atom. The largest absolute Gasteiger partial charge is 0.495 e. The van der Waals surface area contributed by atoms with Crippen molar-refractivity contribution in [3.05, 3.63) is 39.6 Å². The maximum atomic E-state index is 13.3. The molecule has 2 fully saturated rings. The number of halogens is 5. The van der Waals surface area contributed by atoms with Crippen molar-refractivity contribution in [2.24, 2.45) is 0 Å². The molecule has 1 amide bonds. The van der Waals surface area contributed by atoms with E-state index in [4.69, 9.17) is 27.9 Å². The summed E-state index contributed by atoms with van der Waals surface area (Å²) < 4.78 is 46.1. The number of piperazine rings is 1. The van der Waals surface area contributed by atoms with Gasteiger partial charge in [-0.2, -0.15) is 18.3 Å². The summed E-state index contributed by atoms with van der Waals surface area (Å²) in [5.74, 6) is 0.295. The summed E-state index contributed by atoms with van der Waals surface area (Å²) in [6.07, 6.45) is -2.45. The van der Waals surface area contributed by atoms with Gasteiger partial charge < -0.3 is 19.4 Å². The van der Waals surface area contributed by atoms with Crippen molar-refractivity contribution in [3.63, 3.8) is 0 Å². The highest BCUT2D eigenvalue weighted by Gasteiger charge is 2.39. The van der Waals surface area contributed by atoms with Gasteiger partial charge in [0.1, 0.15) is 12.3 Å². The summed E-state index contributed by atoms with van der Waals surface area (Å²) in [5, 5.41) is 3.65. The van der Waals surface area contributed by atoms with Gasteiger partial charge >= 0.3 is 6.18 Å². The highest BCUT2D eigenvalue weighted by Crippen LogP contribution is 2.35. The molecule has 1 aromatic carbocycles. The number of benzene rings is 1. The Kier molecular flexibility index (Phi) is 7.73. The van der Waals surface area contributed by atoms with Gasteiger partial charge in [-0.25, -0.2) is 0 Å². The van der Waals surface area contributed by atoms with Gasteiger partial charge in [0.25, 0.3) is 0 Å². The SMILES string of the molecule is COc1cc(N2CCN(C(=O)Cn3nc(C(F)(F)F)c(Cl)c3C)C(CN3CCCC3)C2)ccc1Cl. The minimum Gasteiger partial charge on any atom is -0.495 e. The number of amides is 1. The second kappa shape index (κ2) is 10.4. The Labute approximate surface area is 212 Å². The highest BCUT2D eigenvalue weighted by molar-refractivity contribution is 6.32. The molecule has 12 heteroatoms. The van der Waals surface area contributed by atoms with Crippen LogP contribution in [-0.4, -0.2) is 77.9 Å². The van der Waals surface area contributed by atoms with Gasteiger partial charge in [0, 0.05) is 37.9 Å². The quantitative estimate of drug-likeness (QED) is 0.552. The number of methoxy groups -OCH3 is 1. The van der Waals surface area contributed by atoms with Gasteiger partial charge in [-0.15, -0.1) is 0 Å². The van der Waals surface area contributed by atoms with Crippen molar-refractivity contribution < 1.29 is 22.7 Å². The first-order valence-electron chi connectivity index (χ1n) is 11.5. The fraction of sp³-hybridized carbons (Fsp3) is 0.565. The molecule has 192 valence electrons. The van der Waals surface area contributed by atoms with Crippen molar-refractivity contribution in [1.29, 1.82) is 0 Å². The lowest BCUT2D eigenvalue weighted by Crippen LogP contribution is -2.59. The minimum atomic E-state index is -4.68. The lowest BCUT2D eigenvalue weighted by atomic mass is 10.1. The van der Waals surface area contributed by atoms with Crippen LogP contribution in [0.15, 0.2) is 18.2 Å². The maximum Gasteiger partial charge on any atom is 0.436 e. The van der Waals surface area contributed by atoms with Gasteiger partial charge in [0.2, 0.25) is 5.91 Å². The van der Waals surface area contributed by atoms with Gasteiger partial charge in [-0.05, 0) is 45.0 Å². The van der Waals surface area contributed by atoms with Crippen LogP contribution in [-0.2, 0) is 17.5 Å². The standard InChI is InChI=1S/C23H28Cl2F3N5O2/c1-15-21(25)22(23(26,27)28)29-33(15)14-20(34)32-10-9-31(13-17(32)12-30-7-3-4-8-30)16-5-6-18(24)19(11-16)35-2/h5-6,11,17H,3-4,7-10,12-14H2,1-2H3. The molecule has 2 aromatic rings. The van der Waals surface area contributed by atoms with Gasteiger partial charge in [-0.3, -0.25) is 9.48 Å². The van der Waals surface area contributed by atoms with E-state index in [1.807, 2.05) is 12.1 Å². The van der Waals surface area contributed by atoms with Crippen LogP contribution in [0.1, 0.15) is 24.2 Å². The summed E-state index contributed by atoms with van der Waals surface area (Å²) in [6, 6.07) is 5.44. The highest BCUT2D eigenvalue weighted by atomic mass is 35.5. The Hall–Kier alpha value is -2.17. The van der Waals surface area contributed by atoms with E-state index in [9.17, 15) is 18.0 Å². The molecule has 2 aliphatic rings. The van der Waals surface area contributed by atoms with Crippen LogP contribution in [0.2, 0.25) is 10.0 Å². The fourth-order valence-corrected chi connectivity index (χ4v) is 5.20. The average molecular weight is 534 g/mol. The second-order valence-corrected chi connectivity index (χ2v) is 9.70. The smallest absolute Gasteiger partial charge is 0.436 e. The Morgan fingerprint density at radius 2 is 1.89 bits per heavy atom. The summed E-state index contributed by atoms with van der Waals surface area (Å²) in [6.45, 7) is 5.35. The molecule has 1 atom stereocenters. The van der Waals surface area contributed by atoms with Crippen LogP contribution >= 0.6 is 23.2 Å². The molecule has 0 spiro atoms. The van der Waals surface area contributed by atoms with Gasteiger partial charge in [-0.1, -0.05) is 23.2 Å². The van der Waals surface area contributed by atoms with Crippen LogP contribution in [0.25, 0.3) is 0 Å². The van der Waals surface area contributed by atoms with E-state index in [0.29, 0.717) is 37.0 Å². The fourth-order valence-electron chi connectivity index (χ4n) is 4.76. The van der Waals surface area contributed by atoms with Crippen molar-refractivity contribution in [1.82, 2.24) is 19.6 Å². The third-order valence-electron chi connectivity index (χ3n) is 6.66. The maximum absolute atomic E-state index is 13.3. The number of anilines is 1. The monoisotopic (exact) mass is 533 g/mol. The normalized spacial score (nSPS) is 19.5. The number of rotatable bonds is 6. The van der Waals surface area contributed by atoms with Crippen molar-refractivity contribution in [2.75, 3.05) is 51.3 Å². The zero-order valence-corrected chi connectivity index (χ0v) is 21.1. The number of hydrogen-bond acceptors (Lipinski definition) is 5. The minimum absolute atomic E-state index is 0.121. The summed E-state index contributed by atoms with van der Waals surface area (Å²) in [7, 11) is 1.56. The molecule has 2 aliphatic heterocycles. The molecule has 0 aliphatic carbocycles. The number of likely N-dealkylation sites (tertiary alicyclic amines) is 1. The first-order chi connectivity index (χ1) is 16.6. The van der Waals surface area contributed by atoms with E-state index in [2.05, 4.69) is 14.9 Å². The van der Waals surface area contributed by atoms with Crippen molar-refractivity contribution >= 4 is 34.8 Å². The Balaban J connectivity index is 1.54. The van der Waals surface area contributed by atoms with E-state index in [1.165, 1.54) is 6.92 Å². The van der Waals surface area contributed by atoms with Crippen LogP contribution in [0.4, 0.5) is 18.9 Å². The number of ether oxygens (including phenoxy) is 1. The molecular weight excluding hydrogens is 506 g/mol. The molecule has 4 rings (SSSR count). The van der Waals surface area contributed by atoms with Gasteiger partial charge in [0.15, 0.2) is 5.69 Å². The lowest BCUT2D eigenvalue weighted by molar-refractivity contribution is -0.142. The molecule has 2 saturated heterocycles.